The summed E-state index contributed by atoms with van der Waals surface area (Å²) in [6.07, 6.45) is 7.74. The van der Waals surface area contributed by atoms with Crippen molar-refractivity contribution >= 4 is 5.96 Å². The number of likely N-dealkylation sites (tertiary alicyclic amines) is 1. The molecule has 2 atom stereocenters. The summed E-state index contributed by atoms with van der Waals surface area (Å²) < 4.78 is 11.2. The van der Waals surface area contributed by atoms with E-state index in [-0.39, 0.29) is 0 Å². The van der Waals surface area contributed by atoms with Crippen LogP contribution in [0.2, 0.25) is 0 Å². The molecule has 2 heterocycles. The lowest BCUT2D eigenvalue weighted by atomic mass is 10.1. The van der Waals surface area contributed by atoms with Crippen molar-refractivity contribution < 1.29 is 9.47 Å². The van der Waals surface area contributed by atoms with Crippen LogP contribution in [0, 0.1) is 5.92 Å². The highest BCUT2D eigenvalue weighted by Crippen LogP contribution is 2.12. The molecule has 2 aliphatic heterocycles. The average Bonchev–Trinajstić information content (AvgIpc) is 3.15. The Bertz CT molecular complexity index is 366. The van der Waals surface area contributed by atoms with Crippen molar-refractivity contribution in [1.29, 1.82) is 0 Å². The topological polar surface area (TPSA) is 58.1 Å². The Morgan fingerprint density at radius 2 is 2.08 bits per heavy atom. The first kappa shape index (κ1) is 20.5. The molecule has 2 fully saturated rings. The van der Waals surface area contributed by atoms with E-state index in [0.29, 0.717) is 12.0 Å². The summed E-state index contributed by atoms with van der Waals surface area (Å²) in [6.45, 7) is 10.3. The molecule has 0 aromatic carbocycles. The molecule has 25 heavy (non-hydrogen) atoms. The number of aliphatic imine (C=N–C) groups is 1. The predicted octanol–water partition coefficient (Wildman–Crippen LogP) is 1.86. The fraction of sp³-hybridized carbons (Fsp3) is 0.947. The Labute approximate surface area is 153 Å². The predicted molar refractivity (Wildman–Crippen MR) is 103 cm³/mol. The van der Waals surface area contributed by atoms with Gasteiger partial charge in [-0.05, 0) is 51.1 Å². The van der Waals surface area contributed by atoms with E-state index >= 15 is 0 Å². The van der Waals surface area contributed by atoms with Crippen LogP contribution in [0.4, 0.5) is 0 Å². The number of guanidine groups is 1. The molecule has 2 aliphatic rings. The van der Waals surface area contributed by atoms with Crippen LogP contribution in [0.3, 0.4) is 0 Å². The van der Waals surface area contributed by atoms with Gasteiger partial charge in [-0.15, -0.1) is 0 Å². The maximum Gasteiger partial charge on any atom is 0.190 e. The van der Waals surface area contributed by atoms with E-state index in [2.05, 4.69) is 27.4 Å². The number of nitrogens with one attached hydrogen (secondary N) is 2. The Hall–Kier alpha value is -0.850. The number of piperidine rings is 1. The molecule has 6 nitrogen and oxygen atoms in total. The normalized spacial score (nSPS) is 23.6. The van der Waals surface area contributed by atoms with Gasteiger partial charge in [0.25, 0.3) is 0 Å². The fourth-order valence-electron chi connectivity index (χ4n) is 3.51. The molecule has 0 bridgehead atoms. The molecule has 0 radical (unpaired) electrons. The third-order valence-electron chi connectivity index (χ3n) is 4.95. The van der Waals surface area contributed by atoms with Crippen LogP contribution in [0.25, 0.3) is 0 Å². The molecule has 2 N–H and O–H groups in total. The van der Waals surface area contributed by atoms with Gasteiger partial charge in [-0.3, -0.25) is 4.99 Å². The van der Waals surface area contributed by atoms with E-state index in [4.69, 9.17) is 9.47 Å². The lowest BCUT2D eigenvalue weighted by Crippen LogP contribution is -2.42. The van der Waals surface area contributed by atoms with Gasteiger partial charge in [0, 0.05) is 39.9 Å². The van der Waals surface area contributed by atoms with Gasteiger partial charge in [0.05, 0.1) is 12.7 Å². The first-order valence-corrected chi connectivity index (χ1v) is 10.1. The van der Waals surface area contributed by atoms with Crippen LogP contribution in [-0.4, -0.2) is 76.6 Å². The SMILES string of the molecule is CN=C(NCCCOCC1CCCO1)NCC(C)CN1CCCCC1. The minimum atomic E-state index is 0.323. The van der Waals surface area contributed by atoms with Crippen molar-refractivity contribution in [3.8, 4) is 0 Å². The van der Waals surface area contributed by atoms with Crippen molar-refractivity contribution in [2.24, 2.45) is 10.9 Å². The lowest BCUT2D eigenvalue weighted by Gasteiger charge is -2.29. The second-order valence-electron chi connectivity index (χ2n) is 7.41. The number of ether oxygens (including phenoxy) is 2. The van der Waals surface area contributed by atoms with Gasteiger partial charge >= 0.3 is 0 Å². The Morgan fingerprint density at radius 3 is 2.80 bits per heavy atom. The van der Waals surface area contributed by atoms with Gasteiger partial charge < -0.3 is 25.0 Å². The van der Waals surface area contributed by atoms with Gasteiger partial charge in [0.15, 0.2) is 5.96 Å². The van der Waals surface area contributed by atoms with Crippen molar-refractivity contribution in [2.45, 2.75) is 51.6 Å². The minimum absolute atomic E-state index is 0.323. The summed E-state index contributed by atoms with van der Waals surface area (Å²) in [5, 5.41) is 6.82. The molecule has 0 aliphatic carbocycles. The van der Waals surface area contributed by atoms with Crippen molar-refractivity contribution in [2.75, 3.05) is 59.6 Å². The quantitative estimate of drug-likeness (QED) is 0.356. The molecule has 2 rings (SSSR count). The van der Waals surface area contributed by atoms with Crippen LogP contribution in [0.5, 0.6) is 0 Å². The fourth-order valence-corrected chi connectivity index (χ4v) is 3.51. The zero-order valence-corrected chi connectivity index (χ0v) is 16.3. The molecule has 0 saturated carbocycles. The zero-order valence-electron chi connectivity index (χ0n) is 16.3. The summed E-state index contributed by atoms with van der Waals surface area (Å²) in [6, 6.07) is 0. The van der Waals surface area contributed by atoms with Crippen molar-refractivity contribution in [3.63, 3.8) is 0 Å². The Kier molecular flexibility index (Phi) is 10.2. The maximum absolute atomic E-state index is 5.68. The summed E-state index contributed by atoms with van der Waals surface area (Å²) in [7, 11) is 1.83. The Balaban J connectivity index is 1.46. The monoisotopic (exact) mass is 354 g/mol. The van der Waals surface area contributed by atoms with Crippen LogP contribution in [0.1, 0.15) is 45.4 Å². The van der Waals surface area contributed by atoms with Crippen LogP contribution >= 0.6 is 0 Å². The molecule has 146 valence electrons. The molecular formula is C19H38N4O2. The maximum atomic E-state index is 5.68. The Morgan fingerprint density at radius 1 is 1.24 bits per heavy atom. The summed E-state index contributed by atoms with van der Waals surface area (Å²) in [5.74, 6) is 1.52. The molecular weight excluding hydrogens is 316 g/mol. The van der Waals surface area contributed by atoms with E-state index in [1.165, 1.54) is 45.3 Å². The van der Waals surface area contributed by atoms with Crippen LogP contribution < -0.4 is 10.6 Å². The largest absolute Gasteiger partial charge is 0.379 e. The minimum Gasteiger partial charge on any atom is -0.379 e. The summed E-state index contributed by atoms with van der Waals surface area (Å²) in [5.41, 5.74) is 0. The van der Waals surface area contributed by atoms with E-state index in [9.17, 15) is 0 Å². The highest BCUT2D eigenvalue weighted by atomic mass is 16.5. The number of hydrogen-bond acceptors (Lipinski definition) is 4. The molecule has 0 spiro atoms. The summed E-state index contributed by atoms with van der Waals surface area (Å²) in [4.78, 5) is 6.90. The highest BCUT2D eigenvalue weighted by Gasteiger charge is 2.15. The van der Waals surface area contributed by atoms with E-state index < -0.39 is 0 Å². The second-order valence-corrected chi connectivity index (χ2v) is 7.41. The lowest BCUT2D eigenvalue weighted by molar-refractivity contribution is 0.0168. The highest BCUT2D eigenvalue weighted by molar-refractivity contribution is 5.79. The van der Waals surface area contributed by atoms with Crippen LogP contribution in [-0.2, 0) is 9.47 Å². The number of rotatable bonds is 10. The first-order chi connectivity index (χ1) is 12.3. The second kappa shape index (κ2) is 12.5. The summed E-state index contributed by atoms with van der Waals surface area (Å²) >= 11 is 0. The third-order valence-corrected chi connectivity index (χ3v) is 4.95. The smallest absolute Gasteiger partial charge is 0.190 e. The van der Waals surface area contributed by atoms with Gasteiger partial charge in [-0.1, -0.05) is 13.3 Å². The van der Waals surface area contributed by atoms with Crippen LogP contribution in [0.15, 0.2) is 4.99 Å². The van der Waals surface area contributed by atoms with E-state index in [1.54, 1.807) is 0 Å². The molecule has 2 saturated heterocycles. The van der Waals surface area contributed by atoms with Gasteiger partial charge in [0.2, 0.25) is 0 Å². The van der Waals surface area contributed by atoms with E-state index in [0.717, 1.165) is 51.7 Å². The average molecular weight is 355 g/mol. The van der Waals surface area contributed by atoms with Crippen molar-refractivity contribution in [3.05, 3.63) is 0 Å². The molecule has 0 amide bonds. The number of hydrogen-bond donors (Lipinski definition) is 2. The molecule has 0 aromatic rings. The molecule has 6 heteroatoms. The van der Waals surface area contributed by atoms with Gasteiger partial charge in [-0.2, -0.15) is 0 Å². The van der Waals surface area contributed by atoms with E-state index in [1.807, 2.05) is 7.05 Å². The zero-order chi connectivity index (χ0) is 17.7. The van der Waals surface area contributed by atoms with Gasteiger partial charge in [-0.25, -0.2) is 0 Å². The molecule has 2 unspecified atom stereocenters. The first-order valence-electron chi connectivity index (χ1n) is 10.1. The number of nitrogens with zero attached hydrogens (tertiary/aromatic N) is 2. The third kappa shape index (κ3) is 8.88. The molecule has 0 aromatic heterocycles. The van der Waals surface area contributed by atoms with Gasteiger partial charge in [0.1, 0.15) is 0 Å². The van der Waals surface area contributed by atoms with Crippen molar-refractivity contribution in [1.82, 2.24) is 15.5 Å². The standard InChI is InChI=1S/C19H38N4O2/c1-17(15-23-10-4-3-5-11-23)14-22-19(20-2)21-9-7-12-24-16-18-8-6-13-25-18/h17-18H,3-16H2,1-2H3,(H2,20,21,22).